The molecule has 6 nitrogen and oxygen atoms in total. The molecule has 1 aromatic carbocycles. The topological polar surface area (TPSA) is 65.9 Å². The fraction of sp³-hybridized carbons (Fsp3) is 0.400. The van der Waals surface area contributed by atoms with Crippen molar-refractivity contribution < 1.29 is 14.5 Å². The van der Waals surface area contributed by atoms with Gasteiger partial charge in [-0.05, 0) is 29.5 Å². The second-order valence-corrected chi connectivity index (χ2v) is 8.01. The van der Waals surface area contributed by atoms with E-state index in [1.165, 1.54) is 21.0 Å². The predicted octanol–water partition coefficient (Wildman–Crippen LogP) is 0.229. The maximum atomic E-state index is 12.2. The smallest absolute Gasteiger partial charge is 0.309 e. The molecule has 1 aromatic heterocycles. The first kappa shape index (κ1) is 19.4. The maximum Gasteiger partial charge on any atom is 0.309 e. The molecule has 0 radical (unpaired) electrons. The highest BCUT2D eigenvalue weighted by Crippen LogP contribution is 2.36. The summed E-state index contributed by atoms with van der Waals surface area (Å²) in [6.45, 7) is 2.58. The van der Waals surface area contributed by atoms with E-state index in [4.69, 9.17) is 0 Å². The van der Waals surface area contributed by atoms with E-state index in [2.05, 4.69) is 39.8 Å². The van der Waals surface area contributed by atoms with Gasteiger partial charge in [0.05, 0.1) is 33.2 Å². The molecular formula is C20H27N4O2S+. The number of para-hydroxylation sites is 1. The van der Waals surface area contributed by atoms with E-state index >= 15 is 0 Å². The number of amides is 2. The van der Waals surface area contributed by atoms with E-state index < -0.39 is 11.8 Å². The summed E-state index contributed by atoms with van der Waals surface area (Å²) in [5, 5.41) is 7.54. The number of likely N-dealkylation sites (N-methyl/N-ethyl adjacent to an activating group) is 1. The molecule has 0 saturated carbocycles. The molecule has 1 aliphatic heterocycles. The van der Waals surface area contributed by atoms with Crippen LogP contribution in [0.1, 0.15) is 16.5 Å². The van der Waals surface area contributed by atoms with Gasteiger partial charge in [-0.1, -0.05) is 24.3 Å². The Balaban J connectivity index is 1.64. The van der Waals surface area contributed by atoms with Gasteiger partial charge in [-0.15, -0.1) is 11.3 Å². The second-order valence-electron chi connectivity index (χ2n) is 7.03. The largest absolute Gasteiger partial charge is 0.361 e. The van der Waals surface area contributed by atoms with E-state index in [9.17, 15) is 9.59 Å². The quantitative estimate of drug-likeness (QED) is 0.596. The molecule has 0 saturated heterocycles. The number of rotatable bonds is 7. The van der Waals surface area contributed by atoms with Gasteiger partial charge in [0, 0.05) is 23.7 Å². The summed E-state index contributed by atoms with van der Waals surface area (Å²) in [6.07, 6.45) is 0.999. The van der Waals surface area contributed by atoms with E-state index in [1.807, 2.05) is 31.6 Å². The molecule has 0 aliphatic carbocycles. The lowest BCUT2D eigenvalue weighted by molar-refractivity contribution is -0.856. The molecule has 0 spiro atoms. The van der Waals surface area contributed by atoms with E-state index in [0.717, 1.165) is 19.5 Å². The zero-order chi connectivity index (χ0) is 19.2. The number of benzene rings is 1. The molecular weight excluding hydrogens is 360 g/mol. The average Bonchev–Trinajstić information content (AvgIpc) is 3.32. The number of hydrogen-bond acceptors (Lipinski definition) is 4. The summed E-state index contributed by atoms with van der Waals surface area (Å²) in [5.41, 5.74) is 2.54. The number of hydrogen-bond donors (Lipinski definition) is 3. The van der Waals surface area contributed by atoms with Crippen LogP contribution in [0.5, 0.6) is 0 Å². The van der Waals surface area contributed by atoms with Gasteiger partial charge in [-0.3, -0.25) is 9.59 Å². The normalized spacial score (nSPS) is 14.1. The van der Waals surface area contributed by atoms with Crippen LogP contribution in [0.2, 0.25) is 0 Å². The maximum absolute atomic E-state index is 12.2. The molecule has 0 bridgehead atoms. The Labute approximate surface area is 164 Å². The van der Waals surface area contributed by atoms with Crippen LogP contribution in [-0.2, 0) is 16.0 Å². The fourth-order valence-electron chi connectivity index (χ4n) is 3.31. The van der Waals surface area contributed by atoms with Crippen molar-refractivity contribution in [1.29, 1.82) is 0 Å². The lowest BCUT2D eigenvalue weighted by Gasteiger charge is -2.30. The molecule has 2 amide bonds. The summed E-state index contributed by atoms with van der Waals surface area (Å²) >= 11 is 1.67. The van der Waals surface area contributed by atoms with Crippen molar-refractivity contribution in [2.75, 3.05) is 45.2 Å². The lowest BCUT2D eigenvalue weighted by atomic mass is 10.1. The monoisotopic (exact) mass is 387 g/mol. The van der Waals surface area contributed by atoms with Crippen molar-refractivity contribution in [2.45, 2.75) is 12.5 Å². The van der Waals surface area contributed by atoms with E-state index in [0.29, 0.717) is 13.1 Å². The number of carbonyl (C=O) groups excluding carboxylic acids is 2. The molecule has 3 N–H and O–H groups in total. The van der Waals surface area contributed by atoms with Crippen molar-refractivity contribution in [1.82, 2.24) is 10.6 Å². The van der Waals surface area contributed by atoms with Crippen molar-refractivity contribution in [3.8, 4) is 0 Å². The van der Waals surface area contributed by atoms with E-state index in [1.54, 1.807) is 11.3 Å². The number of nitrogens with one attached hydrogen (secondary N) is 3. The van der Waals surface area contributed by atoms with Crippen molar-refractivity contribution in [3.05, 3.63) is 52.2 Å². The van der Waals surface area contributed by atoms with Crippen LogP contribution in [0, 0.1) is 0 Å². The third-order valence-electron chi connectivity index (χ3n) is 4.74. The first-order valence-corrected chi connectivity index (χ1v) is 10.2. The summed E-state index contributed by atoms with van der Waals surface area (Å²) in [4.78, 5) is 28.9. The molecule has 27 heavy (non-hydrogen) atoms. The van der Waals surface area contributed by atoms with Gasteiger partial charge >= 0.3 is 11.8 Å². The summed E-state index contributed by atoms with van der Waals surface area (Å²) in [6, 6.07) is 12.5. The zero-order valence-electron chi connectivity index (χ0n) is 15.8. The van der Waals surface area contributed by atoms with Crippen LogP contribution < -0.4 is 20.4 Å². The summed E-state index contributed by atoms with van der Waals surface area (Å²) in [7, 11) is 4.01. The molecule has 7 heteroatoms. The average molecular weight is 388 g/mol. The first-order chi connectivity index (χ1) is 13.1. The third kappa shape index (κ3) is 4.87. The molecule has 0 unspecified atom stereocenters. The van der Waals surface area contributed by atoms with Gasteiger partial charge < -0.3 is 20.4 Å². The minimum absolute atomic E-state index is 0.0246. The molecule has 1 aliphatic rings. The summed E-state index contributed by atoms with van der Waals surface area (Å²) in [5.74, 6) is -1.14. The molecule has 2 heterocycles. The number of fused-ring (bicyclic) bond motifs is 1. The van der Waals surface area contributed by atoms with Crippen molar-refractivity contribution in [2.24, 2.45) is 0 Å². The van der Waals surface area contributed by atoms with Gasteiger partial charge in [0.25, 0.3) is 0 Å². The van der Waals surface area contributed by atoms with Crippen LogP contribution >= 0.6 is 11.3 Å². The van der Waals surface area contributed by atoms with Crippen LogP contribution in [0.4, 0.5) is 5.69 Å². The number of anilines is 1. The number of quaternary nitrogens is 1. The van der Waals surface area contributed by atoms with Crippen molar-refractivity contribution >= 4 is 28.8 Å². The second kappa shape index (κ2) is 9.01. The number of carbonyl (C=O) groups is 2. The van der Waals surface area contributed by atoms with Gasteiger partial charge in [-0.25, -0.2) is 0 Å². The highest BCUT2D eigenvalue weighted by atomic mass is 32.1. The Morgan fingerprint density at radius 3 is 2.67 bits per heavy atom. The lowest BCUT2D eigenvalue weighted by Crippen LogP contribution is -3.06. The number of thiophene rings is 1. The van der Waals surface area contributed by atoms with Crippen LogP contribution in [0.15, 0.2) is 41.8 Å². The van der Waals surface area contributed by atoms with Crippen molar-refractivity contribution in [3.63, 3.8) is 0 Å². The molecule has 144 valence electrons. The minimum atomic E-state index is -0.571. The summed E-state index contributed by atoms with van der Waals surface area (Å²) < 4.78 is 0. The highest BCUT2D eigenvalue weighted by molar-refractivity contribution is 7.10. The Kier molecular flexibility index (Phi) is 6.47. The van der Waals surface area contributed by atoms with Crippen LogP contribution in [-0.4, -0.2) is 52.1 Å². The van der Waals surface area contributed by atoms with E-state index in [-0.39, 0.29) is 6.04 Å². The fourth-order valence-corrected chi connectivity index (χ4v) is 4.15. The third-order valence-corrected chi connectivity index (χ3v) is 5.72. The van der Waals surface area contributed by atoms with Gasteiger partial charge in [-0.2, -0.15) is 0 Å². The predicted molar refractivity (Wildman–Crippen MR) is 108 cm³/mol. The Morgan fingerprint density at radius 2 is 1.93 bits per heavy atom. The zero-order valence-corrected chi connectivity index (χ0v) is 16.6. The van der Waals surface area contributed by atoms with Gasteiger partial charge in [0.2, 0.25) is 0 Å². The highest BCUT2D eigenvalue weighted by Gasteiger charge is 2.28. The standard InChI is InChI=1S/C20H26N4O2S/c1-23(2)12-10-21-19(25)20(26)22-14-17(18-8-5-13-27-18)24-11-9-15-6-3-4-7-16(15)24/h3-8,13,17H,9-12,14H2,1-2H3,(H,21,25)(H,22,26)/p+1/t17-/m0/s1. The Hall–Kier alpha value is -2.38. The van der Waals surface area contributed by atoms with Gasteiger partial charge in [0.1, 0.15) is 0 Å². The first-order valence-electron chi connectivity index (χ1n) is 9.29. The molecule has 3 rings (SSSR count). The Morgan fingerprint density at radius 1 is 1.15 bits per heavy atom. The van der Waals surface area contributed by atoms with Crippen LogP contribution in [0.25, 0.3) is 0 Å². The molecule has 0 fully saturated rings. The number of nitrogens with zero attached hydrogens (tertiary/aromatic N) is 1. The minimum Gasteiger partial charge on any atom is -0.361 e. The van der Waals surface area contributed by atoms with Crippen LogP contribution in [0.3, 0.4) is 0 Å². The SMILES string of the molecule is C[NH+](C)CCNC(=O)C(=O)NC[C@@H](c1cccs1)N1CCc2ccccc21. The molecule has 2 aromatic rings. The molecule has 1 atom stereocenters. The Bertz CT molecular complexity index is 776. The van der Waals surface area contributed by atoms with Gasteiger partial charge in [0.15, 0.2) is 0 Å².